The molecule has 2 aromatic rings. The molecule has 0 aliphatic heterocycles. The van der Waals surface area contributed by atoms with Gasteiger partial charge in [0.15, 0.2) is 6.61 Å². The fourth-order valence-electron chi connectivity index (χ4n) is 3.27. The van der Waals surface area contributed by atoms with Crippen molar-refractivity contribution in [3.05, 3.63) is 60.2 Å². The lowest BCUT2D eigenvalue weighted by molar-refractivity contribution is -0.142. The van der Waals surface area contributed by atoms with Crippen LogP contribution >= 0.6 is 0 Å². The van der Waals surface area contributed by atoms with Gasteiger partial charge in [0.2, 0.25) is 0 Å². The van der Waals surface area contributed by atoms with Crippen LogP contribution in [0.15, 0.2) is 54.6 Å². The van der Waals surface area contributed by atoms with E-state index >= 15 is 0 Å². The molecule has 0 heterocycles. The Labute approximate surface area is 170 Å². The fraction of sp³-hybridized carbons (Fsp3) is 0.435. The molecule has 2 rings (SSSR count). The zero-order valence-corrected chi connectivity index (χ0v) is 18.3. The van der Waals surface area contributed by atoms with Gasteiger partial charge in [-0.3, -0.25) is 0 Å². The minimum Gasteiger partial charge on any atom is -0.543 e. The second-order valence-corrected chi connectivity index (χ2v) is 11.5. The number of aryl methyl sites for hydroxylation is 1. The van der Waals surface area contributed by atoms with Gasteiger partial charge in [-0.1, -0.05) is 50.6 Å². The van der Waals surface area contributed by atoms with E-state index in [1.165, 1.54) is 31.6 Å². The van der Waals surface area contributed by atoms with Gasteiger partial charge in [0.1, 0.15) is 11.5 Å². The molecule has 0 bridgehead atoms. The van der Waals surface area contributed by atoms with Crippen molar-refractivity contribution in [2.24, 2.45) is 0 Å². The van der Waals surface area contributed by atoms with Crippen molar-refractivity contribution in [2.75, 3.05) is 13.7 Å². The number of hydrogen-bond acceptors (Lipinski definition) is 4. The van der Waals surface area contributed by atoms with Crippen molar-refractivity contribution in [3.8, 4) is 11.5 Å². The highest BCUT2D eigenvalue weighted by Gasteiger charge is 2.32. The molecule has 0 atom stereocenters. The molecule has 0 fully saturated rings. The van der Waals surface area contributed by atoms with Gasteiger partial charge in [-0.25, -0.2) is 4.79 Å². The van der Waals surface area contributed by atoms with E-state index in [-0.39, 0.29) is 12.6 Å². The third kappa shape index (κ3) is 7.04. The Kier molecular flexibility index (Phi) is 9.08. The van der Waals surface area contributed by atoms with Gasteiger partial charge >= 0.3 is 5.97 Å². The second kappa shape index (κ2) is 11.5. The van der Waals surface area contributed by atoms with Crippen LogP contribution in [-0.2, 0) is 16.0 Å². The third-order valence-corrected chi connectivity index (χ3v) is 9.73. The standard InChI is InChI=1S/C23H32O4Si/c1-4-28(5-2,18-10-9-13-20-11-7-6-8-12-20)27-22-16-14-21(15-17-22)26-19-23(24)25-3/h6-8,11-12,14-17H,4-5,9-10,13,18-19H2,1-3H3. The number of methoxy groups -OCH3 is 1. The van der Waals surface area contributed by atoms with Crippen LogP contribution in [0.3, 0.4) is 0 Å². The summed E-state index contributed by atoms with van der Waals surface area (Å²) in [5, 5.41) is 0. The molecule has 0 N–H and O–H groups in total. The van der Waals surface area contributed by atoms with Crippen molar-refractivity contribution in [2.45, 2.75) is 51.2 Å². The number of benzene rings is 2. The predicted molar refractivity (Wildman–Crippen MR) is 115 cm³/mol. The van der Waals surface area contributed by atoms with Crippen LogP contribution < -0.4 is 9.16 Å². The second-order valence-electron chi connectivity index (χ2n) is 7.02. The highest BCUT2D eigenvalue weighted by molar-refractivity contribution is 6.74. The molecule has 152 valence electrons. The first-order valence-corrected chi connectivity index (χ1v) is 12.7. The zero-order valence-electron chi connectivity index (χ0n) is 17.3. The summed E-state index contributed by atoms with van der Waals surface area (Å²) in [7, 11) is -0.448. The average Bonchev–Trinajstić information content (AvgIpc) is 2.75. The quantitative estimate of drug-likeness (QED) is 0.263. The first kappa shape index (κ1) is 22.0. The average molecular weight is 401 g/mol. The van der Waals surface area contributed by atoms with Gasteiger partial charge in [0.05, 0.1) is 7.11 Å². The van der Waals surface area contributed by atoms with Crippen LogP contribution in [0.5, 0.6) is 11.5 Å². The highest BCUT2D eigenvalue weighted by Crippen LogP contribution is 2.29. The number of esters is 1. The lowest BCUT2D eigenvalue weighted by atomic mass is 10.1. The van der Waals surface area contributed by atoms with Gasteiger partial charge in [0, 0.05) is 0 Å². The van der Waals surface area contributed by atoms with E-state index in [1.807, 2.05) is 24.3 Å². The molecular formula is C23H32O4Si. The number of carbonyl (C=O) groups is 1. The Balaban J connectivity index is 1.86. The van der Waals surface area contributed by atoms with Gasteiger partial charge < -0.3 is 13.9 Å². The molecule has 0 spiro atoms. The molecule has 0 radical (unpaired) electrons. The Morgan fingerprint density at radius 3 is 2.14 bits per heavy atom. The minimum absolute atomic E-state index is 0.0826. The molecular weight excluding hydrogens is 368 g/mol. The first-order chi connectivity index (χ1) is 13.6. The Bertz CT molecular complexity index is 696. The van der Waals surface area contributed by atoms with Gasteiger partial charge in [-0.15, -0.1) is 0 Å². The number of unbranched alkanes of at least 4 members (excludes halogenated alkanes) is 1. The van der Waals surface area contributed by atoms with Crippen LogP contribution in [0.2, 0.25) is 18.1 Å². The summed E-state index contributed by atoms with van der Waals surface area (Å²) < 4.78 is 16.5. The van der Waals surface area contributed by atoms with Crippen LogP contribution in [0, 0.1) is 0 Å². The number of rotatable bonds is 12. The van der Waals surface area contributed by atoms with Crippen molar-refractivity contribution in [3.63, 3.8) is 0 Å². The van der Waals surface area contributed by atoms with Crippen LogP contribution in [-0.4, -0.2) is 28.0 Å². The summed E-state index contributed by atoms with van der Waals surface area (Å²) in [4.78, 5) is 11.2. The van der Waals surface area contributed by atoms with Crippen molar-refractivity contribution >= 4 is 14.3 Å². The van der Waals surface area contributed by atoms with Gasteiger partial charge in [-0.05, 0) is 60.8 Å². The van der Waals surface area contributed by atoms with Crippen LogP contribution in [0.25, 0.3) is 0 Å². The maximum atomic E-state index is 11.2. The highest BCUT2D eigenvalue weighted by atomic mass is 28.4. The summed E-state index contributed by atoms with van der Waals surface area (Å²) in [6.45, 7) is 4.42. The Hall–Kier alpha value is -2.27. The normalized spacial score (nSPS) is 11.1. The summed E-state index contributed by atoms with van der Waals surface area (Å²) in [6, 6.07) is 21.6. The first-order valence-electron chi connectivity index (χ1n) is 10.1. The van der Waals surface area contributed by atoms with E-state index in [1.54, 1.807) is 0 Å². The topological polar surface area (TPSA) is 44.8 Å². The number of carbonyl (C=O) groups excluding carboxylic acids is 1. The van der Waals surface area contributed by atoms with E-state index in [0.29, 0.717) is 5.75 Å². The lowest BCUT2D eigenvalue weighted by Gasteiger charge is -2.30. The molecule has 0 unspecified atom stereocenters. The fourth-order valence-corrected chi connectivity index (χ4v) is 6.40. The molecule has 0 saturated carbocycles. The maximum absolute atomic E-state index is 11.2. The van der Waals surface area contributed by atoms with E-state index in [2.05, 4.69) is 48.9 Å². The molecule has 0 aromatic heterocycles. The summed E-state index contributed by atoms with van der Waals surface area (Å²) in [5.41, 5.74) is 1.41. The number of ether oxygens (including phenoxy) is 2. The third-order valence-electron chi connectivity index (χ3n) is 5.22. The van der Waals surface area contributed by atoms with Gasteiger partial charge in [0.25, 0.3) is 8.32 Å². The smallest absolute Gasteiger partial charge is 0.343 e. The Morgan fingerprint density at radius 1 is 0.893 bits per heavy atom. The Morgan fingerprint density at radius 2 is 1.54 bits per heavy atom. The summed E-state index contributed by atoms with van der Waals surface area (Å²) in [6.07, 6.45) is 3.52. The maximum Gasteiger partial charge on any atom is 0.343 e. The summed E-state index contributed by atoms with van der Waals surface area (Å²) >= 11 is 0. The van der Waals surface area contributed by atoms with Crippen LogP contribution in [0.4, 0.5) is 0 Å². The predicted octanol–water partition coefficient (Wildman–Crippen LogP) is 5.63. The van der Waals surface area contributed by atoms with E-state index in [4.69, 9.17) is 9.16 Å². The van der Waals surface area contributed by atoms with E-state index in [9.17, 15) is 4.79 Å². The van der Waals surface area contributed by atoms with Crippen LogP contribution in [0.1, 0.15) is 32.3 Å². The van der Waals surface area contributed by atoms with Crippen molar-refractivity contribution in [1.82, 2.24) is 0 Å². The molecule has 4 nitrogen and oxygen atoms in total. The molecule has 5 heteroatoms. The molecule has 0 aliphatic rings. The minimum atomic E-state index is -1.80. The molecule has 0 aliphatic carbocycles. The van der Waals surface area contributed by atoms with E-state index < -0.39 is 8.32 Å². The van der Waals surface area contributed by atoms with Gasteiger partial charge in [-0.2, -0.15) is 0 Å². The summed E-state index contributed by atoms with van der Waals surface area (Å²) in [5.74, 6) is 1.14. The monoisotopic (exact) mass is 400 g/mol. The molecule has 0 amide bonds. The largest absolute Gasteiger partial charge is 0.543 e. The van der Waals surface area contributed by atoms with Crippen molar-refractivity contribution < 1.29 is 18.7 Å². The lowest BCUT2D eigenvalue weighted by Crippen LogP contribution is -2.40. The SMILES string of the molecule is CC[Si](CC)(CCCCc1ccccc1)Oc1ccc(OCC(=O)OC)cc1. The molecule has 28 heavy (non-hydrogen) atoms. The molecule has 0 saturated heterocycles. The zero-order chi connectivity index (χ0) is 20.2. The number of hydrogen-bond donors (Lipinski definition) is 0. The van der Waals surface area contributed by atoms with E-state index in [0.717, 1.165) is 24.3 Å². The molecule has 2 aromatic carbocycles. The van der Waals surface area contributed by atoms with Crippen molar-refractivity contribution in [1.29, 1.82) is 0 Å².